The number of halogens is 2. The molecule has 0 unspecified atom stereocenters. The Kier molecular flexibility index (Phi) is 7.10. The first-order chi connectivity index (χ1) is 20.5. The number of rotatable bonds is 2. The third kappa shape index (κ3) is 4.82. The Morgan fingerprint density at radius 2 is 1.48 bits per heavy atom. The lowest BCUT2D eigenvalue weighted by Crippen LogP contribution is -2.43. The number of benzene rings is 2. The molecule has 8 rings (SSSR count). The molecule has 1 atom stereocenters. The highest BCUT2D eigenvalue weighted by Gasteiger charge is 2.25. The molecule has 4 aromatic heterocycles. The van der Waals surface area contributed by atoms with Crippen LogP contribution in [-0.2, 0) is 0 Å². The standard InChI is InChI=1S/C15H16ClN5O.C14H13ClN4O/c16-9-4-1-5-10-11(9)12-13(22-10)14(20-15(18)19-12)21-6-2-3-8(17)7-21;15-9-2-1-3-10-11(9)12-13(20-10)14(18-8-17-12)19-6-4-16-5-7-19/h1,4-5,8H,2-3,6-7,17H2,(H2,18,19,20);1-3,8,16H,4-7H2/t8-;/m0./s1. The summed E-state index contributed by atoms with van der Waals surface area (Å²) >= 11 is 12.6. The Labute approximate surface area is 250 Å². The fourth-order valence-electron chi connectivity index (χ4n) is 5.73. The molecule has 11 nitrogen and oxygen atoms in total. The number of hydrogen-bond donors (Lipinski definition) is 3. The molecule has 0 amide bonds. The highest BCUT2D eigenvalue weighted by atomic mass is 35.5. The normalized spacial score (nSPS) is 17.7. The summed E-state index contributed by atoms with van der Waals surface area (Å²) in [5.74, 6) is 1.76. The molecule has 5 N–H and O–H groups in total. The fraction of sp³-hybridized carbons (Fsp3) is 0.310. The number of nitrogen functional groups attached to an aromatic ring is 1. The van der Waals surface area contributed by atoms with Crippen LogP contribution >= 0.6 is 23.2 Å². The summed E-state index contributed by atoms with van der Waals surface area (Å²) in [6.07, 6.45) is 3.62. The molecule has 0 bridgehead atoms. The summed E-state index contributed by atoms with van der Waals surface area (Å²) < 4.78 is 11.9. The van der Waals surface area contributed by atoms with Gasteiger partial charge in [-0.3, -0.25) is 0 Å². The number of nitrogens with two attached hydrogens (primary N) is 2. The zero-order chi connectivity index (χ0) is 28.8. The topological polar surface area (TPSA) is 148 Å². The van der Waals surface area contributed by atoms with E-state index in [0.717, 1.165) is 85.4 Å². The molecule has 216 valence electrons. The van der Waals surface area contributed by atoms with Crippen LogP contribution in [0.25, 0.3) is 44.1 Å². The van der Waals surface area contributed by atoms with Gasteiger partial charge in [0.2, 0.25) is 5.95 Å². The van der Waals surface area contributed by atoms with E-state index < -0.39 is 0 Å². The summed E-state index contributed by atoms with van der Waals surface area (Å²) in [7, 11) is 0. The third-order valence-corrected chi connectivity index (χ3v) is 8.30. The summed E-state index contributed by atoms with van der Waals surface area (Å²) in [6.45, 7) is 5.34. The highest BCUT2D eigenvalue weighted by Crippen LogP contribution is 2.38. The highest BCUT2D eigenvalue weighted by molar-refractivity contribution is 6.38. The van der Waals surface area contributed by atoms with Crippen LogP contribution in [0.1, 0.15) is 12.8 Å². The fourth-order valence-corrected chi connectivity index (χ4v) is 6.24. The lowest BCUT2D eigenvalue weighted by Gasteiger charge is -2.31. The first-order valence-corrected chi connectivity index (χ1v) is 14.7. The number of fused-ring (bicyclic) bond motifs is 6. The van der Waals surface area contributed by atoms with Gasteiger partial charge in [0.15, 0.2) is 22.8 Å². The molecule has 2 fully saturated rings. The molecule has 0 spiro atoms. The molecule has 2 aliphatic rings. The van der Waals surface area contributed by atoms with Crippen LogP contribution < -0.4 is 26.6 Å². The van der Waals surface area contributed by atoms with Crippen molar-refractivity contribution in [2.75, 3.05) is 54.8 Å². The molecular weight excluding hydrogens is 577 g/mol. The monoisotopic (exact) mass is 605 g/mol. The zero-order valence-corrected chi connectivity index (χ0v) is 24.2. The van der Waals surface area contributed by atoms with E-state index >= 15 is 0 Å². The second-order valence-electron chi connectivity index (χ2n) is 10.5. The van der Waals surface area contributed by atoms with Crippen LogP contribution in [0.4, 0.5) is 17.6 Å². The third-order valence-electron chi connectivity index (χ3n) is 7.67. The van der Waals surface area contributed by atoms with Gasteiger partial charge in [-0.15, -0.1) is 0 Å². The minimum Gasteiger partial charge on any atom is -0.450 e. The molecule has 42 heavy (non-hydrogen) atoms. The van der Waals surface area contributed by atoms with Gasteiger partial charge in [0.25, 0.3) is 0 Å². The van der Waals surface area contributed by atoms with Crippen molar-refractivity contribution in [3.05, 3.63) is 52.8 Å². The number of aromatic nitrogens is 4. The van der Waals surface area contributed by atoms with Gasteiger partial charge in [-0.25, -0.2) is 15.0 Å². The van der Waals surface area contributed by atoms with Crippen molar-refractivity contribution in [3.63, 3.8) is 0 Å². The number of nitrogens with one attached hydrogen (secondary N) is 1. The second kappa shape index (κ2) is 11.1. The van der Waals surface area contributed by atoms with Crippen LogP contribution in [-0.4, -0.2) is 65.2 Å². The first kappa shape index (κ1) is 27.0. The minimum atomic E-state index is 0.132. The van der Waals surface area contributed by atoms with Gasteiger partial charge in [0.1, 0.15) is 28.5 Å². The van der Waals surface area contributed by atoms with E-state index in [1.807, 2.05) is 36.4 Å². The van der Waals surface area contributed by atoms with Gasteiger partial charge in [-0.05, 0) is 37.1 Å². The quantitative estimate of drug-likeness (QED) is 0.245. The van der Waals surface area contributed by atoms with Gasteiger partial charge >= 0.3 is 0 Å². The predicted molar refractivity (Wildman–Crippen MR) is 168 cm³/mol. The largest absolute Gasteiger partial charge is 0.450 e. The average molecular weight is 607 g/mol. The molecule has 13 heteroatoms. The minimum absolute atomic E-state index is 0.132. The van der Waals surface area contributed by atoms with Crippen molar-refractivity contribution < 1.29 is 8.83 Å². The molecule has 6 heterocycles. The summed E-state index contributed by atoms with van der Waals surface area (Å²) in [5, 5.41) is 6.22. The van der Waals surface area contributed by atoms with Crippen LogP contribution in [0.2, 0.25) is 10.0 Å². The SMILES string of the molecule is Clc1cccc2oc3c(N4CCNCC4)ncnc3c12.Nc1nc(N2CCC[C@H](N)C2)c2oc3cccc(Cl)c3c2n1. The predicted octanol–water partition coefficient (Wildman–Crippen LogP) is 4.98. The van der Waals surface area contributed by atoms with Crippen LogP contribution in [0.15, 0.2) is 51.6 Å². The molecule has 0 aliphatic carbocycles. The van der Waals surface area contributed by atoms with Crippen LogP contribution in [0, 0.1) is 0 Å². The van der Waals surface area contributed by atoms with Gasteiger partial charge < -0.3 is 35.4 Å². The maximum Gasteiger partial charge on any atom is 0.222 e. The Hall–Kier alpha value is -3.90. The number of piperidine rings is 1. The molecule has 2 saturated heterocycles. The Bertz CT molecular complexity index is 1920. The van der Waals surface area contributed by atoms with Gasteiger partial charge in [-0.1, -0.05) is 35.3 Å². The van der Waals surface area contributed by atoms with Crippen molar-refractivity contribution in [1.82, 2.24) is 25.3 Å². The number of anilines is 3. The first-order valence-electron chi connectivity index (χ1n) is 13.9. The van der Waals surface area contributed by atoms with Crippen molar-refractivity contribution in [2.45, 2.75) is 18.9 Å². The Morgan fingerprint density at radius 1 is 0.810 bits per heavy atom. The van der Waals surface area contributed by atoms with Crippen LogP contribution in [0.3, 0.4) is 0 Å². The van der Waals surface area contributed by atoms with E-state index in [0.29, 0.717) is 32.5 Å². The molecular formula is C29H29Cl2N9O2. The lowest BCUT2D eigenvalue weighted by atomic mass is 10.1. The zero-order valence-electron chi connectivity index (χ0n) is 22.7. The molecule has 2 aromatic carbocycles. The van der Waals surface area contributed by atoms with E-state index in [2.05, 4.69) is 35.1 Å². The average Bonchev–Trinajstić information content (AvgIpc) is 3.57. The second-order valence-corrected chi connectivity index (χ2v) is 11.3. The van der Waals surface area contributed by atoms with Crippen molar-refractivity contribution in [3.8, 4) is 0 Å². The van der Waals surface area contributed by atoms with Crippen LogP contribution in [0.5, 0.6) is 0 Å². The van der Waals surface area contributed by atoms with E-state index in [9.17, 15) is 0 Å². The van der Waals surface area contributed by atoms with Gasteiger partial charge in [0, 0.05) is 45.3 Å². The number of furan rings is 2. The maximum absolute atomic E-state index is 6.30. The summed E-state index contributed by atoms with van der Waals surface area (Å²) in [5.41, 5.74) is 16.2. The van der Waals surface area contributed by atoms with Crippen molar-refractivity contribution >= 4 is 84.9 Å². The van der Waals surface area contributed by atoms with Gasteiger partial charge in [-0.2, -0.15) is 4.98 Å². The van der Waals surface area contributed by atoms with E-state index in [1.54, 1.807) is 6.33 Å². The van der Waals surface area contributed by atoms with Gasteiger partial charge in [0.05, 0.1) is 20.8 Å². The van der Waals surface area contributed by atoms with E-state index in [-0.39, 0.29) is 12.0 Å². The van der Waals surface area contributed by atoms with E-state index in [1.165, 1.54) is 0 Å². The summed E-state index contributed by atoms with van der Waals surface area (Å²) in [4.78, 5) is 21.8. The Balaban J connectivity index is 0.000000138. The number of hydrogen-bond acceptors (Lipinski definition) is 11. The van der Waals surface area contributed by atoms with Crippen molar-refractivity contribution in [1.29, 1.82) is 0 Å². The summed E-state index contributed by atoms with van der Waals surface area (Å²) in [6, 6.07) is 11.3. The van der Waals surface area contributed by atoms with Crippen molar-refractivity contribution in [2.24, 2.45) is 5.73 Å². The molecule has 0 saturated carbocycles. The number of piperazine rings is 1. The smallest absolute Gasteiger partial charge is 0.222 e. The van der Waals surface area contributed by atoms with E-state index in [4.69, 9.17) is 43.5 Å². The maximum atomic E-state index is 6.30. The molecule has 6 aromatic rings. The molecule has 2 aliphatic heterocycles. The number of nitrogens with zero attached hydrogens (tertiary/aromatic N) is 6. The molecule has 0 radical (unpaired) electrons. The Morgan fingerprint density at radius 3 is 2.17 bits per heavy atom. The lowest BCUT2D eigenvalue weighted by molar-refractivity contribution is 0.502.